The lowest BCUT2D eigenvalue weighted by molar-refractivity contribution is 0.281. The first-order chi connectivity index (χ1) is 8.21. The smallest absolute Gasteiger partial charge is 0.157 e. The SMILES string of the molecule is CC(C)(C)CC(C)(C)c1nc2cnccn2c1N. The number of imidazole rings is 1. The molecule has 18 heavy (non-hydrogen) atoms. The summed E-state index contributed by atoms with van der Waals surface area (Å²) in [5, 5.41) is 0. The van der Waals surface area contributed by atoms with Crippen molar-refractivity contribution in [2.75, 3.05) is 5.73 Å². The number of nitrogen functional groups attached to an aromatic ring is 1. The van der Waals surface area contributed by atoms with Crippen LogP contribution in [0.3, 0.4) is 0 Å². The van der Waals surface area contributed by atoms with Crippen molar-refractivity contribution in [2.24, 2.45) is 5.41 Å². The molecule has 0 aliphatic rings. The Morgan fingerprint density at radius 2 is 1.89 bits per heavy atom. The molecule has 2 heterocycles. The molecule has 98 valence electrons. The van der Waals surface area contributed by atoms with Gasteiger partial charge in [-0.3, -0.25) is 9.38 Å². The fourth-order valence-electron chi connectivity index (χ4n) is 2.83. The van der Waals surface area contributed by atoms with E-state index < -0.39 is 0 Å². The lowest BCUT2D eigenvalue weighted by Crippen LogP contribution is -2.26. The Hall–Kier alpha value is -1.58. The highest BCUT2D eigenvalue weighted by molar-refractivity contribution is 5.53. The third kappa shape index (κ3) is 2.33. The van der Waals surface area contributed by atoms with E-state index in [1.807, 2.05) is 10.6 Å². The number of nitrogens with two attached hydrogens (primary N) is 1. The second kappa shape index (κ2) is 3.97. The minimum atomic E-state index is -0.0473. The molecule has 0 bridgehead atoms. The molecular weight excluding hydrogens is 224 g/mol. The van der Waals surface area contributed by atoms with Crippen molar-refractivity contribution in [1.29, 1.82) is 0 Å². The van der Waals surface area contributed by atoms with Gasteiger partial charge in [-0.15, -0.1) is 0 Å². The maximum atomic E-state index is 6.22. The first-order valence-electron chi connectivity index (χ1n) is 6.29. The van der Waals surface area contributed by atoms with Crippen LogP contribution in [0, 0.1) is 5.41 Å². The zero-order valence-corrected chi connectivity index (χ0v) is 11.9. The molecule has 0 aromatic carbocycles. The first-order valence-corrected chi connectivity index (χ1v) is 6.29. The maximum absolute atomic E-state index is 6.22. The van der Waals surface area contributed by atoms with Crippen molar-refractivity contribution >= 4 is 11.5 Å². The van der Waals surface area contributed by atoms with E-state index in [0.717, 1.165) is 23.6 Å². The Morgan fingerprint density at radius 1 is 1.22 bits per heavy atom. The van der Waals surface area contributed by atoms with Gasteiger partial charge in [-0.2, -0.15) is 0 Å². The highest BCUT2D eigenvalue weighted by atomic mass is 15.1. The van der Waals surface area contributed by atoms with Gasteiger partial charge in [-0.1, -0.05) is 34.6 Å². The molecule has 0 unspecified atom stereocenters. The topological polar surface area (TPSA) is 56.2 Å². The van der Waals surface area contributed by atoms with Gasteiger partial charge in [0.1, 0.15) is 5.82 Å². The molecule has 0 atom stereocenters. The quantitative estimate of drug-likeness (QED) is 0.886. The number of aromatic nitrogens is 3. The van der Waals surface area contributed by atoms with E-state index in [4.69, 9.17) is 5.73 Å². The molecule has 0 radical (unpaired) electrons. The van der Waals surface area contributed by atoms with Gasteiger partial charge in [0.25, 0.3) is 0 Å². The zero-order valence-electron chi connectivity index (χ0n) is 11.9. The van der Waals surface area contributed by atoms with Crippen molar-refractivity contribution < 1.29 is 0 Å². The van der Waals surface area contributed by atoms with Crippen LogP contribution < -0.4 is 5.73 Å². The van der Waals surface area contributed by atoms with E-state index in [2.05, 4.69) is 44.6 Å². The Kier molecular flexibility index (Phi) is 2.84. The summed E-state index contributed by atoms with van der Waals surface area (Å²) in [7, 11) is 0. The van der Waals surface area contributed by atoms with Crippen LogP contribution in [-0.4, -0.2) is 14.4 Å². The molecular formula is C14H22N4. The van der Waals surface area contributed by atoms with E-state index in [1.54, 1.807) is 12.4 Å². The highest BCUT2D eigenvalue weighted by Crippen LogP contribution is 2.38. The van der Waals surface area contributed by atoms with Crippen molar-refractivity contribution in [3.8, 4) is 0 Å². The number of hydrogen-bond acceptors (Lipinski definition) is 3. The normalized spacial score (nSPS) is 13.2. The van der Waals surface area contributed by atoms with Crippen molar-refractivity contribution in [3.63, 3.8) is 0 Å². The highest BCUT2D eigenvalue weighted by Gasteiger charge is 2.31. The van der Waals surface area contributed by atoms with E-state index >= 15 is 0 Å². The molecule has 2 rings (SSSR count). The summed E-state index contributed by atoms with van der Waals surface area (Å²) in [6, 6.07) is 0. The van der Waals surface area contributed by atoms with Crippen molar-refractivity contribution in [3.05, 3.63) is 24.3 Å². The zero-order chi connectivity index (χ0) is 13.6. The number of hydrogen-bond donors (Lipinski definition) is 1. The third-order valence-electron chi connectivity index (χ3n) is 3.08. The Labute approximate surface area is 108 Å². The molecule has 2 N–H and O–H groups in total. The summed E-state index contributed by atoms with van der Waals surface area (Å²) in [4.78, 5) is 8.73. The van der Waals surface area contributed by atoms with Gasteiger partial charge in [0.05, 0.1) is 11.9 Å². The Balaban J connectivity index is 2.50. The lowest BCUT2D eigenvalue weighted by Gasteiger charge is -2.31. The average Bonchev–Trinajstić information content (AvgIpc) is 2.54. The number of rotatable bonds is 2. The fourth-order valence-corrected chi connectivity index (χ4v) is 2.83. The van der Waals surface area contributed by atoms with E-state index in [1.165, 1.54) is 0 Å². The minimum absolute atomic E-state index is 0.0473. The molecule has 0 saturated heterocycles. The monoisotopic (exact) mass is 246 g/mol. The van der Waals surface area contributed by atoms with Gasteiger partial charge in [0.2, 0.25) is 0 Å². The molecule has 0 spiro atoms. The van der Waals surface area contributed by atoms with Crippen LogP contribution in [-0.2, 0) is 5.41 Å². The predicted molar refractivity (Wildman–Crippen MR) is 74.5 cm³/mol. The van der Waals surface area contributed by atoms with Gasteiger partial charge < -0.3 is 5.73 Å². The number of nitrogens with zero attached hydrogens (tertiary/aromatic N) is 3. The molecule has 0 aliphatic heterocycles. The number of fused-ring (bicyclic) bond motifs is 1. The Bertz CT molecular complexity index is 561. The van der Waals surface area contributed by atoms with Crippen molar-refractivity contribution in [1.82, 2.24) is 14.4 Å². The summed E-state index contributed by atoms with van der Waals surface area (Å²) in [6.07, 6.45) is 6.36. The molecule has 0 fully saturated rings. The second-order valence-electron chi connectivity index (χ2n) is 6.77. The van der Waals surface area contributed by atoms with E-state index in [9.17, 15) is 0 Å². The van der Waals surface area contributed by atoms with Gasteiger partial charge >= 0.3 is 0 Å². The second-order valence-corrected chi connectivity index (χ2v) is 6.77. The predicted octanol–water partition coefficient (Wildman–Crippen LogP) is 3.03. The largest absolute Gasteiger partial charge is 0.383 e. The van der Waals surface area contributed by atoms with Gasteiger partial charge in [-0.05, 0) is 11.8 Å². The standard InChI is InChI=1S/C14H22N4/c1-13(2,3)9-14(4,5)11-12(15)18-7-6-16-8-10(18)17-11/h6-8H,9,15H2,1-5H3. The first kappa shape index (κ1) is 12.9. The maximum Gasteiger partial charge on any atom is 0.157 e. The van der Waals surface area contributed by atoms with Gasteiger partial charge in [0.15, 0.2) is 5.65 Å². The summed E-state index contributed by atoms with van der Waals surface area (Å²) in [5.41, 5.74) is 8.18. The van der Waals surface area contributed by atoms with E-state index in [-0.39, 0.29) is 10.8 Å². The summed E-state index contributed by atoms with van der Waals surface area (Å²) in [5.74, 6) is 0.724. The van der Waals surface area contributed by atoms with Crippen LogP contribution in [0.5, 0.6) is 0 Å². The molecule has 4 heteroatoms. The van der Waals surface area contributed by atoms with Crippen LogP contribution >= 0.6 is 0 Å². The van der Waals surface area contributed by atoms with Crippen LogP contribution in [0.4, 0.5) is 5.82 Å². The molecule has 4 nitrogen and oxygen atoms in total. The van der Waals surface area contributed by atoms with Crippen LogP contribution in [0.2, 0.25) is 0 Å². The average molecular weight is 246 g/mol. The lowest BCUT2D eigenvalue weighted by atomic mass is 9.74. The van der Waals surface area contributed by atoms with Gasteiger partial charge in [-0.25, -0.2) is 4.98 Å². The summed E-state index contributed by atoms with van der Waals surface area (Å²) < 4.78 is 1.90. The minimum Gasteiger partial charge on any atom is -0.383 e. The van der Waals surface area contributed by atoms with E-state index in [0.29, 0.717) is 0 Å². The summed E-state index contributed by atoms with van der Waals surface area (Å²) in [6.45, 7) is 11.1. The number of anilines is 1. The molecule has 2 aromatic heterocycles. The fraction of sp³-hybridized carbons (Fsp3) is 0.571. The van der Waals surface area contributed by atoms with Crippen molar-refractivity contribution in [2.45, 2.75) is 46.5 Å². The van der Waals surface area contributed by atoms with Crippen LogP contribution in [0.25, 0.3) is 5.65 Å². The van der Waals surface area contributed by atoms with Crippen LogP contribution in [0.1, 0.15) is 46.7 Å². The summed E-state index contributed by atoms with van der Waals surface area (Å²) >= 11 is 0. The van der Waals surface area contributed by atoms with Gasteiger partial charge in [0, 0.05) is 17.8 Å². The third-order valence-corrected chi connectivity index (χ3v) is 3.08. The molecule has 2 aromatic rings. The molecule has 0 aliphatic carbocycles. The Morgan fingerprint density at radius 3 is 2.44 bits per heavy atom. The molecule has 0 saturated carbocycles. The van der Waals surface area contributed by atoms with Crippen LogP contribution in [0.15, 0.2) is 18.6 Å². The molecule has 0 amide bonds.